The number of β-lactam (4-membered cyclic amide) rings is 1. The first-order chi connectivity index (χ1) is 9.47. The Balaban J connectivity index is 1.89. The second-order valence-corrected chi connectivity index (χ2v) is 4.62. The third-order valence-corrected chi connectivity index (χ3v) is 3.10. The molecule has 4 N–H and O–H groups in total. The van der Waals surface area contributed by atoms with Crippen LogP contribution < -0.4 is 11.1 Å². The molecule has 0 aromatic heterocycles. The van der Waals surface area contributed by atoms with E-state index in [1.807, 2.05) is 0 Å². The molecule has 1 heterocycles. The molecule has 0 aliphatic carbocycles. The number of nitrogen functional groups attached to an aromatic ring is 1. The molecule has 7 nitrogen and oxygen atoms in total. The van der Waals surface area contributed by atoms with Gasteiger partial charge in [-0.25, -0.2) is 4.79 Å². The molecule has 1 aliphatic heterocycles. The fourth-order valence-electron chi connectivity index (χ4n) is 2.02. The van der Waals surface area contributed by atoms with Crippen molar-refractivity contribution in [2.75, 3.05) is 5.73 Å². The van der Waals surface area contributed by atoms with Crippen LogP contribution >= 0.6 is 0 Å². The van der Waals surface area contributed by atoms with Crippen LogP contribution in [0.4, 0.5) is 10.5 Å². The molecule has 1 aliphatic rings. The molecule has 0 radical (unpaired) electrons. The number of carboxylic acids is 1. The maximum Gasteiger partial charge on any atom is 0.324 e. The zero-order chi connectivity index (χ0) is 14.7. The van der Waals surface area contributed by atoms with Crippen LogP contribution in [0.3, 0.4) is 0 Å². The number of hydrogen-bond acceptors (Lipinski definition) is 4. The zero-order valence-electron chi connectivity index (χ0n) is 10.7. The van der Waals surface area contributed by atoms with Crippen molar-refractivity contribution in [3.8, 4) is 0 Å². The molecule has 0 bridgehead atoms. The van der Waals surface area contributed by atoms with E-state index >= 15 is 0 Å². The maximum atomic E-state index is 11.8. The lowest BCUT2D eigenvalue weighted by Crippen LogP contribution is -2.59. The number of aliphatic carboxylic acids is 1. The van der Waals surface area contributed by atoms with Crippen molar-refractivity contribution >= 4 is 23.6 Å². The fraction of sp³-hybridized carbons (Fsp3) is 0.308. The number of nitrogens with one attached hydrogen (secondary N) is 1. The highest BCUT2D eigenvalue weighted by atomic mass is 16.4. The lowest BCUT2D eigenvalue weighted by Gasteiger charge is -2.37. The van der Waals surface area contributed by atoms with Crippen LogP contribution in [0, 0.1) is 0 Å². The summed E-state index contributed by atoms with van der Waals surface area (Å²) < 4.78 is 0. The van der Waals surface area contributed by atoms with Crippen LogP contribution in [-0.4, -0.2) is 34.0 Å². The molecule has 106 valence electrons. The lowest BCUT2D eigenvalue weighted by atomic mass is 9.99. The number of rotatable bonds is 4. The molecule has 0 spiro atoms. The van der Waals surface area contributed by atoms with Gasteiger partial charge >= 0.3 is 12.0 Å². The molecular formula is C13H15N3O4. The highest BCUT2D eigenvalue weighted by molar-refractivity contribution is 6.00. The van der Waals surface area contributed by atoms with Crippen molar-refractivity contribution in [2.24, 2.45) is 0 Å². The van der Waals surface area contributed by atoms with Crippen molar-refractivity contribution < 1.29 is 19.5 Å². The molecule has 1 fully saturated rings. The lowest BCUT2D eigenvalue weighted by molar-refractivity contribution is -0.146. The van der Waals surface area contributed by atoms with Crippen LogP contribution in [0.1, 0.15) is 18.4 Å². The van der Waals surface area contributed by atoms with E-state index in [2.05, 4.69) is 5.32 Å². The van der Waals surface area contributed by atoms with Gasteiger partial charge in [0.15, 0.2) is 0 Å². The maximum absolute atomic E-state index is 11.8. The molecule has 1 atom stereocenters. The SMILES string of the molecule is Nc1ccc(CNC(=O)N2C(=O)CC2CC(=O)O)cc1. The van der Waals surface area contributed by atoms with Gasteiger partial charge in [-0.3, -0.25) is 14.5 Å². The molecule has 7 heteroatoms. The third-order valence-electron chi connectivity index (χ3n) is 3.10. The van der Waals surface area contributed by atoms with Gasteiger partial charge in [-0.15, -0.1) is 0 Å². The summed E-state index contributed by atoms with van der Waals surface area (Å²) in [6.07, 6.45) is -0.122. The number of nitrogens with zero attached hydrogens (tertiary/aromatic N) is 1. The summed E-state index contributed by atoms with van der Waals surface area (Å²) in [7, 11) is 0. The van der Waals surface area contributed by atoms with Crippen molar-refractivity contribution in [1.29, 1.82) is 0 Å². The predicted molar refractivity (Wildman–Crippen MR) is 70.6 cm³/mol. The van der Waals surface area contributed by atoms with E-state index in [1.165, 1.54) is 0 Å². The van der Waals surface area contributed by atoms with E-state index in [-0.39, 0.29) is 25.3 Å². The Kier molecular flexibility index (Phi) is 3.88. The molecular weight excluding hydrogens is 262 g/mol. The minimum Gasteiger partial charge on any atom is -0.481 e. The number of nitrogens with two attached hydrogens (primary N) is 1. The number of urea groups is 1. The van der Waals surface area contributed by atoms with Crippen LogP contribution in [0.25, 0.3) is 0 Å². The van der Waals surface area contributed by atoms with Gasteiger partial charge in [-0.2, -0.15) is 0 Å². The molecule has 1 unspecified atom stereocenters. The monoisotopic (exact) mass is 277 g/mol. The number of carbonyl (C=O) groups excluding carboxylic acids is 2. The smallest absolute Gasteiger partial charge is 0.324 e. The molecule has 20 heavy (non-hydrogen) atoms. The number of hydrogen-bond donors (Lipinski definition) is 3. The number of carboxylic acid groups (broad SMARTS) is 1. The van der Waals surface area contributed by atoms with Gasteiger partial charge in [0, 0.05) is 18.7 Å². The van der Waals surface area contributed by atoms with Crippen LogP contribution in [0.5, 0.6) is 0 Å². The second kappa shape index (κ2) is 5.60. The number of benzene rings is 1. The topological polar surface area (TPSA) is 113 Å². The van der Waals surface area contributed by atoms with Gasteiger partial charge in [-0.1, -0.05) is 12.1 Å². The minimum atomic E-state index is -1.03. The Hall–Kier alpha value is -2.57. The first-order valence-electron chi connectivity index (χ1n) is 6.13. The van der Waals surface area contributed by atoms with Crippen LogP contribution in [0.2, 0.25) is 0 Å². The Morgan fingerprint density at radius 2 is 2.00 bits per heavy atom. The van der Waals surface area contributed by atoms with E-state index in [0.29, 0.717) is 5.69 Å². The average molecular weight is 277 g/mol. The molecule has 1 saturated heterocycles. The molecule has 1 aromatic carbocycles. The summed E-state index contributed by atoms with van der Waals surface area (Å²) in [5.41, 5.74) is 7.02. The van der Waals surface area contributed by atoms with Gasteiger partial charge in [0.2, 0.25) is 5.91 Å². The predicted octanol–water partition coefficient (Wildman–Crippen LogP) is 0.554. The van der Waals surface area contributed by atoms with Crippen molar-refractivity contribution in [2.45, 2.75) is 25.4 Å². The zero-order valence-corrected chi connectivity index (χ0v) is 10.7. The van der Waals surface area contributed by atoms with E-state index in [9.17, 15) is 14.4 Å². The minimum absolute atomic E-state index is 0.0988. The van der Waals surface area contributed by atoms with Crippen molar-refractivity contribution in [3.63, 3.8) is 0 Å². The highest BCUT2D eigenvalue weighted by Crippen LogP contribution is 2.22. The Morgan fingerprint density at radius 1 is 1.35 bits per heavy atom. The second-order valence-electron chi connectivity index (χ2n) is 4.62. The van der Waals surface area contributed by atoms with Crippen LogP contribution in [-0.2, 0) is 16.1 Å². The summed E-state index contributed by atoms with van der Waals surface area (Å²) in [4.78, 5) is 34.8. The normalized spacial score (nSPS) is 17.5. The number of amides is 3. The fourth-order valence-corrected chi connectivity index (χ4v) is 2.02. The van der Waals surface area contributed by atoms with E-state index in [0.717, 1.165) is 10.5 Å². The Labute approximate surface area is 115 Å². The molecule has 2 rings (SSSR count). The summed E-state index contributed by atoms with van der Waals surface area (Å²) in [6, 6.07) is 5.84. The highest BCUT2D eigenvalue weighted by Gasteiger charge is 2.41. The first kappa shape index (κ1) is 13.9. The Bertz CT molecular complexity index is 541. The van der Waals surface area contributed by atoms with Gasteiger partial charge in [0.1, 0.15) is 0 Å². The summed E-state index contributed by atoms with van der Waals surface area (Å²) in [6.45, 7) is 0.253. The number of likely N-dealkylation sites (tertiary alicyclic amines) is 1. The van der Waals surface area contributed by atoms with Gasteiger partial charge in [-0.05, 0) is 17.7 Å². The van der Waals surface area contributed by atoms with Crippen molar-refractivity contribution in [3.05, 3.63) is 29.8 Å². The van der Waals surface area contributed by atoms with Gasteiger partial charge < -0.3 is 16.2 Å². The summed E-state index contributed by atoms with van der Waals surface area (Å²) in [5.74, 6) is -1.38. The van der Waals surface area contributed by atoms with Crippen LogP contribution in [0.15, 0.2) is 24.3 Å². The van der Waals surface area contributed by atoms with Crippen molar-refractivity contribution in [1.82, 2.24) is 10.2 Å². The first-order valence-corrected chi connectivity index (χ1v) is 6.13. The quantitative estimate of drug-likeness (QED) is 0.549. The third kappa shape index (κ3) is 3.05. The average Bonchev–Trinajstić information content (AvgIpc) is 2.36. The number of carbonyl (C=O) groups is 3. The Morgan fingerprint density at radius 3 is 2.55 bits per heavy atom. The summed E-state index contributed by atoms with van der Waals surface area (Å²) >= 11 is 0. The standard InChI is InChI=1S/C13H15N3O4/c14-9-3-1-8(2-4-9)7-15-13(20)16-10(5-11(16)17)6-12(18)19/h1-4,10H,5-7,14H2,(H,15,20)(H,18,19). The molecule has 3 amide bonds. The molecule has 1 aromatic rings. The van der Waals surface area contributed by atoms with E-state index < -0.39 is 18.0 Å². The van der Waals surface area contributed by atoms with Gasteiger partial charge in [0.05, 0.1) is 12.5 Å². The molecule has 0 saturated carbocycles. The van der Waals surface area contributed by atoms with E-state index in [1.54, 1.807) is 24.3 Å². The van der Waals surface area contributed by atoms with Gasteiger partial charge in [0.25, 0.3) is 0 Å². The summed E-state index contributed by atoms with van der Waals surface area (Å²) in [5, 5.41) is 11.3. The number of imide groups is 1. The largest absolute Gasteiger partial charge is 0.481 e. The van der Waals surface area contributed by atoms with E-state index in [4.69, 9.17) is 10.8 Å². The number of anilines is 1.